The topological polar surface area (TPSA) is 72.1 Å². The highest BCUT2D eigenvalue weighted by Crippen LogP contribution is 2.27. The summed E-state index contributed by atoms with van der Waals surface area (Å²) in [4.78, 5) is 6.99. The number of benzene rings is 1. The molecule has 1 unspecified atom stereocenters. The lowest BCUT2D eigenvalue weighted by Gasteiger charge is -2.27. The van der Waals surface area contributed by atoms with Gasteiger partial charge in [0.05, 0.1) is 26.3 Å². The summed E-state index contributed by atoms with van der Waals surface area (Å²) >= 11 is 0. The average molecular weight is 320 g/mol. The average Bonchev–Trinajstić information content (AvgIpc) is 3.10. The van der Waals surface area contributed by atoms with Gasteiger partial charge < -0.3 is 20.5 Å². The Bertz CT molecular complexity index is 501. The van der Waals surface area contributed by atoms with Crippen molar-refractivity contribution in [1.29, 1.82) is 0 Å². The van der Waals surface area contributed by atoms with Crippen LogP contribution in [0.5, 0.6) is 5.75 Å². The quantitative estimate of drug-likeness (QED) is 0.430. The van der Waals surface area contributed by atoms with E-state index >= 15 is 0 Å². The lowest BCUT2D eigenvalue weighted by molar-refractivity contribution is 0.203. The van der Waals surface area contributed by atoms with E-state index in [2.05, 4.69) is 27.3 Å². The Hall–Kier alpha value is -1.79. The van der Waals surface area contributed by atoms with Crippen LogP contribution in [-0.4, -0.2) is 57.9 Å². The maximum Gasteiger partial charge on any atom is 0.188 e. The standard InChI is InChI=1S/C17H28N4O2/c1-22-11-8-19-17(18)20-13-16(21-9-3-4-10-21)14-6-5-7-15(12-14)23-2/h5-7,12,16H,3-4,8-11,13H2,1-2H3,(H3,18,19,20). The van der Waals surface area contributed by atoms with Gasteiger partial charge in [0.15, 0.2) is 5.96 Å². The Morgan fingerprint density at radius 1 is 1.35 bits per heavy atom. The number of ether oxygens (including phenoxy) is 2. The van der Waals surface area contributed by atoms with E-state index in [1.54, 1.807) is 14.2 Å². The van der Waals surface area contributed by atoms with Crippen LogP contribution < -0.4 is 15.8 Å². The molecular weight excluding hydrogens is 292 g/mol. The maximum absolute atomic E-state index is 5.94. The minimum atomic E-state index is 0.232. The van der Waals surface area contributed by atoms with Gasteiger partial charge in [-0.3, -0.25) is 9.89 Å². The second-order valence-electron chi connectivity index (χ2n) is 5.68. The Kier molecular flexibility index (Phi) is 7.16. The molecule has 1 aromatic carbocycles. The van der Waals surface area contributed by atoms with Gasteiger partial charge in [-0.05, 0) is 43.6 Å². The lowest BCUT2D eigenvalue weighted by atomic mass is 10.1. The number of nitrogens with zero attached hydrogens (tertiary/aromatic N) is 2. The van der Waals surface area contributed by atoms with Gasteiger partial charge in [0.2, 0.25) is 0 Å². The van der Waals surface area contributed by atoms with Gasteiger partial charge in [-0.2, -0.15) is 0 Å². The van der Waals surface area contributed by atoms with Gasteiger partial charge in [0.1, 0.15) is 5.75 Å². The highest BCUT2D eigenvalue weighted by Gasteiger charge is 2.23. The summed E-state index contributed by atoms with van der Waals surface area (Å²) in [7, 11) is 3.36. The Balaban J connectivity index is 2.06. The van der Waals surface area contributed by atoms with Crippen molar-refractivity contribution in [2.45, 2.75) is 18.9 Å². The van der Waals surface area contributed by atoms with Crippen LogP contribution in [0.1, 0.15) is 24.4 Å². The number of nitrogens with two attached hydrogens (primary N) is 1. The normalized spacial score (nSPS) is 17.2. The number of hydrogen-bond donors (Lipinski definition) is 2. The highest BCUT2D eigenvalue weighted by molar-refractivity contribution is 5.77. The summed E-state index contributed by atoms with van der Waals surface area (Å²) < 4.78 is 10.4. The van der Waals surface area contributed by atoms with E-state index in [1.807, 2.05) is 12.1 Å². The molecule has 2 rings (SSSR count). The highest BCUT2D eigenvalue weighted by atomic mass is 16.5. The summed E-state index contributed by atoms with van der Waals surface area (Å²) in [5.74, 6) is 1.34. The third kappa shape index (κ3) is 5.41. The van der Waals surface area contributed by atoms with Crippen LogP contribution in [0.4, 0.5) is 0 Å². The molecule has 1 atom stereocenters. The molecule has 1 aromatic rings. The van der Waals surface area contributed by atoms with E-state index in [4.69, 9.17) is 15.2 Å². The fourth-order valence-corrected chi connectivity index (χ4v) is 2.86. The second kappa shape index (κ2) is 9.37. The monoisotopic (exact) mass is 320 g/mol. The zero-order chi connectivity index (χ0) is 16.5. The van der Waals surface area contributed by atoms with Crippen molar-refractivity contribution >= 4 is 5.96 Å². The van der Waals surface area contributed by atoms with E-state index in [1.165, 1.54) is 18.4 Å². The van der Waals surface area contributed by atoms with Gasteiger partial charge in [-0.1, -0.05) is 12.1 Å². The Morgan fingerprint density at radius 2 is 2.13 bits per heavy atom. The molecular formula is C17H28N4O2. The second-order valence-corrected chi connectivity index (χ2v) is 5.68. The van der Waals surface area contributed by atoms with E-state index in [-0.39, 0.29) is 6.04 Å². The molecule has 23 heavy (non-hydrogen) atoms. The van der Waals surface area contributed by atoms with Crippen molar-refractivity contribution in [3.63, 3.8) is 0 Å². The first-order chi connectivity index (χ1) is 11.2. The number of hydrogen-bond acceptors (Lipinski definition) is 4. The van der Waals surface area contributed by atoms with E-state index in [0.29, 0.717) is 25.7 Å². The summed E-state index contributed by atoms with van der Waals surface area (Å²) in [5.41, 5.74) is 7.16. The van der Waals surface area contributed by atoms with E-state index in [9.17, 15) is 0 Å². The number of likely N-dealkylation sites (tertiary alicyclic amines) is 1. The summed E-state index contributed by atoms with van der Waals surface area (Å²) in [6.07, 6.45) is 2.48. The minimum absolute atomic E-state index is 0.232. The molecule has 1 heterocycles. The van der Waals surface area contributed by atoms with Gasteiger partial charge in [-0.15, -0.1) is 0 Å². The van der Waals surface area contributed by atoms with Crippen molar-refractivity contribution in [2.24, 2.45) is 10.7 Å². The van der Waals surface area contributed by atoms with E-state index < -0.39 is 0 Å². The molecule has 0 radical (unpaired) electrons. The van der Waals surface area contributed by atoms with E-state index in [0.717, 1.165) is 18.8 Å². The summed E-state index contributed by atoms with van der Waals surface area (Å²) in [6, 6.07) is 8.45. The van der Waals surface area contributed by atoms with Crippen molar-refractivity contribution < 1.29 is 9.47 Å². The molecule has 0 aromatic heterocycles. The van der Waals surface area contributed by atoms with Crippen LogP contribution in [0.3, 0.4) is 0 Å². The largest absolute Gasteiger partial charge is 0.497 e. The third-order valence-corrected chi connectivity index (χ3v) is 4.11. The summed E-state index contributed by atoms with van der Waals surface area (Å²) in [6.45, 7) is 4.13. The molecule has 128 valence electrons. The molecule has 1 aliphatic rings. The van der Waals surface area contributed by atoms with Crippen LogP contribution in [0.15, 0.2) is 29.3 Å². The molecule has 0 bridgehead atoms. The van der Waals surface area contributed by atoms with Crippen LogP contribution >= 0.6 is 0 Å². The molecule has 1 aliphatic heterocycles. The van der Waals surface area contributed by atoms with Crippen molar-refractivity contribution in [1.82, 2.24) is 10.2 Å². The van der Waals surface area contributed by atoms with Crippen LogP contribution in [0.2, 0.25) is 0 Å². The predicted molar refractivity (Wildman–Crippen MR) is 92.9 cm³/mol. The number of nitrogens with one attached hydrogen (secondary N) is 1. The first kappa shape index (κ1) is 17.6. The fourth-order valence-electron chi connectivity index (χ4n) is 2.86. The maximum atomic E-state index is 5.94. The molecule has 6 heteroatoms. The lowest BCUT2D eigenvalue weighted by Crippen LogP contribution is -2.35. The first-order valence-corrected chi connectivity index (χ1v) is 8.15. The van der Waals surface area contributed by atoms with Crippen LogP contribution in [0, 0.1) is 0 Å². The number of aliphatic imine (C=N–C) groups is 1. The van der Waals surface area contributed by atoms with Crippen molar-refractivity contribution in [2.75, 3.05) is 47.0 Å². The number of guanidine groups is 1. The molecule has 3 N–H and O–H groups in total. The molecule has 0 amide bonds. The van der Waals surface area contributed by atoms with Crippen molar-refractivity contribution in [3.8, 4) is 5.75 Å². The zero-order valence-corrected chi connectivity index (χ0v) is 14.1. The molecule has 1 saturated heterocycles. The summed E-state index contributed by atoms with van der Waals surface area (Å²) in [5, 5.41) is 3.06. The molecule has 1 fully saturated rings. The predicted octanol–water partition coefficient (Wildman–Crippen LogP) is 1.38. The molecule has 0 spiro atoms. The van der Waals surface area contributed by atoms with Crippen LogP contribution in [-0.2, 0) is 4.74 Å². The van der Waals surface area contributed by atoms with Gasteiger partial charge in [0, 0.05) is 13.7 Å². The smallest absolute Gasteiger partial charge is 0.188 e. The minimum Gasteiger partial charge on any atom is -0.497 e. The third-order valence-electron chi connectivity index (χ3n) is 4.11. The molecule has 0 saturated carbocycles. The number of rotatable bonds is 8. The first-order valence-electron chi connectivity index (χ1n) is 8.15. The van der Waals surface area contributed by atoms with Crippen molar-refractivity contribution in [3.05, 3.63) is 29.8 Å². The number of methoxy groups -OCH3 is 2. The van der Waals surface area contributed by atoms with Gasteiger partial charge >= 0.3 is 0 Å². The van der Waals surface area contributed by atoms with Gasteiger partial charge in [-0.25, -0.2) is 0 Å². The Labute approximate surface area is 138 Å². The fraction of sp³-hybridized carbons (Fsp3) is 0.588. The van der Waals surface area contributed by atoms with Gasteiger partial charge in [0.25, 0.3) is 0 Å². The Morgan fingerprint density at radius 3 is 2.83 bits per heavy atom. The van der Waals surface area contributed by atoms with Crippen LogP contribution in [0.25, 0.3) is 0 Å². The zero-order valence-electron chi connectivity index (χ0n) is 14.1. The SMILES string of the molecule is COCCNC(N)=NCC(c1cccc(OC)c1)N1CCCC1. The molecule has 0 aliphatic carbocycles. The molecule has 6 nitrogen and oxygen atoms in total.